The van der Waals surface area contributed by atoms with Crippen LogP contribution in [0.25, 0.3) is 26.6 Å². The van der Waals surface area contributed by atoms with Crippen molar-refractivity contribution in [3.8, 4) is 28.0 Å². The number of aromatic nitrogens is 2. The first-order valence-corrected chi connectivity index (χ1v) is 11.1. The summed E-state index contributed by atoms with van der Waals surface area (Å²) in [5.74, 6) is -2.98. The Hall–Kier alpha value is -3.56. The van der Waals surface area contributed by atoms with E-state index in [0.717, 1.165) is 20.8 Å². The predicted molar refractivity (Wildman–Crippen MR) is 120 cm³/mol. The molecule has 0 aliphatic rings. The maximum absolute atomic E-state index is 14.9. The quantitative estimate of drug-likeness (QED) is 0.315. The van der Waals surface area contributed by atoms with Crippen LogP contribution in [0, 0.1) is 18.6 Å². The summed E-state index contributed by atoms with van der Waals surface area (Å²) in [6.07, 6.45) is 0. The number of thiophene rings is 1. The zero-order chi connectivity index (χ0) is 22.6. The second-order valence-electron chi connectivity index (χ2n) is 7.06. The van der Waals surface area contributed by atoms with Crippen molar-refractivity contribution in [2.45, 2.75) is 6.92 Å². The monoisotopic (exact) mass is 468 g/mol. The summed E-state index contributed by atoms with van der Waals surface area (Å²) in [4.78, 5) is 19.0. The van der Waals surface area contributed by atoms with Gasteiger partial charge in [-0.25, -0.2) is 13.8 Å². The molecule has 2 aromatic carbocycles. The highest BCUT2D eigenvalue weighted by atomic mass is 32.1. The zero-order valence-electron chi connectivity index (χ0n) is 16.5. The van der Waals surface area contributed by atoms with Gasteiger partial charge in [-0.3, -0.25) is 9.36 Å². The molecule has 5 aromatic rings. The summed E-state index contributed by atoms with van der Waals surface area (Å²) in [7, 11) is 0. The van der Waals surface area contributed by atoms with Gasteiger partial charge >= 0.3 is 0 Å². The summed E-state index contributed by atoms with van der Waals surface area (Å²) in [5.41, 5.74) is 0.193. The van der Waals surface area contributed by atoms with E-state index in [1.165, 1.54) is 47.7 Å². The molecule has 3 heterocycles. The van der Waals surface area contributed by atoms with Crippen LogP contribution >= 0.6 is 22.7 Å². The van der Waals surface area contributed by atoms with Gasteiger partial charge in [0, 0.05) is 10.4 Å². The molecule has 0 radical (unpaired) electrons. The third kappa shape index (κ3) is 3.17. The molecule has 0 amide bonds. The van der Waals surface area contributed by atoms with Gasteiger partial charge in [0.15, 0.2) is 10.9 Å². The smallest absolute Gasteiger partial charge is 0.242 e. The van der Waals surface area contributed by atoms with Crippen LogP contribution in [0.3, 0.4) is 0 Å². The summed E-state index contributed by atoms with van der Waals surface area (Å²) in [6, 6.07) is 13.1. The lowest BCUT2D eigenvalue weighted by Gasteiger charge is -2.10. The summed E-state index contributed by atoms with van der Waals surface area (Å²) in [5, 5.41) is 21.7. The highest BCUT2D eigenvalue weighted by Crippen LogP contribution is 2.46. The van der Waals surface area contributed by atoms with Gasteiger partial charge < -0.3 is 10.2 Å². The van der Waals surface area contributed by atoms with E-state index < -0.39 is 29.0 Å². The van der Waals surface area contributed by atoms with Crippen LogP contribution in [0.2, 0.25) is 0 Å². The SMILES string of the molecule is Cc1ccc(C(=O)c2c(O)c(O)n(-c3nc4ccc(F)cc4s3)c2-c2ccccc2F)s1. The van der Waals surface area contributed by atoms with Crippen molar-refractivity contribution < 1.29 is 23.8 Å². The van der Waals surface area contributed by atoms with Gasteiger partial charge in [-0.1, -0.05) is 23.5 Å². The van der Waals surface area contributed by atoms with Crippen molar-refractivity contribution in [3.05, 3.63) is 81.5 Å². The molecule has 5 rings (SSSR count). The first-order chi connectivity index (χ1) is 15.3. The van der Waals surface area contributed by atoms with Crippen molar-refractivity contribution in [3.63, 3.8) is 0 Å². The highest BCUT2D eigenvalue weighted by molar-refractivity contribution is 7.20. The average molecular weight is 469 g/mol. The summed E-state index contributed by atoms with van der Waals surface area (Å²) < 4.78 is 30.2. The molecule has 0 unspecified atom stereocenters. The first-order valence-electron chi connectivity index (χ1n) is 9.44. The number of nitrogens with zero attached hydrogens (tertiary/aromatic N) is 2. The fraction of sp³-hybridized carbons (Fsp3) is 0.0435. The standard InChI is InChI=1S/C23H14F2N2O3S2/c1-11-6-9-16(31-11)20(28)18-19(13-4-2-3-5-14(13)25)27(22(30)21(18)29)23-26-15-8-7-12(24)10-17(15)32-23/h2-10,29-30H,1H3. The number of hydrogen-bond donors (Lipinski definition) is 2. The van der Waals surface area contributed by atoms with E-state index in [4.69, 9.17) is 0 Å². The number of aryl methyl sites for hydroxylation is 1. The summed E-state index contributed by atoms with van der Waals surface area (Å²) in [6.45, 7) is 1.84. The van der Waals surface area contributed by atoms with Gasteiger partial charge in [-0.05, 0) is 49.4 Å². The topological polar surface area (TPSA) is 75.3 Å². The Morgan fingerprint density at radius 2 is 1.81 bits per heavy atom. The normalized spacial score (nSPS) is 11.3. The van der Waals surface area contributed by atoms with Crippen molar-refractivity contribution in [1.82, 2.24) is 9.55 Å². The Morgan fingerprint density at radius 3 is 2.53 bits per heavy atom. The number of rotatable bonds is 4. The lowest BCUT2D eigenvalue weighted by atomic mass is 10.0. The minimum atomic E-state index is -0.676. The van der Waals surface area contributed by atoms with E-state index >= 15 is 0 Å². The number of ketones is 1. The number of benzene rings is 2. The van der Waals surface area contributed by atoms with Crippen LogP contribution in [0.4, 0.5) is 8.78 Å². The predicted octanol–water partition coefficient (Wildman–Crippen LogP) is 6.04. The van der Waals surface area contributed by atoms with Crippen LogP contribution < -0.4 is 0 Å². The molecule has 32 heavy (non-hydrogen) atoms. The van der Waals surface area contributed by atoms with Gasteiger partial charge in [-0.2, -0.15) is 0 Å². The van der Waals surface area contributed by atoms with Crippen molar-refractivity contribution in [2.75, 3.05) is 0 Å². The molecule has 9 heteroatoms. The van der Waals surface area contributed by atoms with Crippen molar-refractivity contribution in [1.29, 1.82) is 0 Å². The lowest BCUT2D eigenvalue weighted by molar-refractivity contribution is 0.104. The molecule has 0 spiro atoms. The van der Waals surface area contributed by atoms with E-state index in [-0.39, 0.29) is 22.0 Å². The Morgan fingerprint density at radius 1 is 1.03 bits per heavy atom. The van der Waals surface area contributed by atoms with Gasteiger partial charge in [0.05, 0.1) is 26.4 Å². The molecular weight excluding hydrogens is 454 g/mol. The second kappa shape index (κ2) is 7.54. The Bertz CT molecular complexity index is 1520. The molecule has 0 aliphatic carbocycles. The molecule has 5 nitrogen and oxygen atoms in total. The van der Waals surface area contributed by atoms with Crippen LogP contribution in [0.5, 0.6) is 11.6 Å². The van der Waals surface area contributed by atoms with Crippen LogP contribution in [0.1, 0.15) is 20.1 Å². The van der Waals surface area contributed by atoms with Crippen molar-refractivity contribution in [2.24, 2.45) is 0 Å². The van der Waals surface area contributed by atoms with E-state index in [2.05, 4.69) is 4.98 Å². The molecule has 3 aromatic heterocycles. The number of carbonyl (C=O) groups is 1. The fourth-order valence-corrected chi connectivity index (χ4v) is 5.33. The number of halogens is 2. The highest BCUT2D eigenvalue weighted by Gasteiger charge is 2.32. The van der Waals surface area contributed by atoms with Crippen LogP contribution in [-0.2, 0) is 0 Å². The van der Waals surface area contributed by atoms with E-state index in [1.54, 1.807) is 18.2 Å². The van der Waals surface area contributed by atoms with E-state index in [0.29, 0.717) is 15.1 Å². The van der Waals surface area contributed by atoms with E-state index in [9.17, 15) is 23.8 Å². The summed E-state index contributed by atoms with van der Waals surface area (Å²) >= 11 is 2.26. The molecular formula is C23H14F2N2O3S2. The Balaban J connectivity index is 1.84. The van der Waals surface area contributed by atoms with Gasteiger partial charge in [-0.15, -0.1) is 11.3 Å². The second-order valence-corrected chi connectivity index (χ2v) is 9.36. The molecule has 2 N–H and O–H groups in total. The largest absolute Gasteiger partial charge is 0.503 e. The Kier molecular flexibility index (Phi) is 4.79. The molecule has 0 saturated carbocycles. The lowest BCUT2D eigenvalue weighted by Crippen LogP contribution is -2.04. The van der Waals surface area contributed by atoms with E-state index in [1.807, 2.05) is 6.92 Å². The van der Waals surface area contributed by atoms with Crippen molar-refractivity contribution >= 4 is 38.7 Å². The number of fused-ring (bicyclic) bond motifs is 1. The number of thiazole rings is 1. The van der Waals surface area contributed by atoms with Crippen LogP contribution in [0.15, 0.2) is 54.6 Å². The molecule has 0 bridgehead atoms. The maximum atomic E-state index is 14.9. The minimum absolute atomic E-state index is 0.00478. The molecule has 0 saturated heterocycles. The molecule has 0 aliphatic heterocycles. The fourth-order valence-electron chi connectivity index (χ4n) is 3.52. The third-order valence-electron chi connectivity index (χ3n) is 4.97. The molecule has 160 valence electrons. The number of hydrogen-bond acceptors (Lipinski definition) is 6. The van der Waals surface area contributed by atoms with Gasteiger partial charge in [0.2, 0.25) is 11.7 Å². The average Bonchev–Trinajstić information content (AvgIpc) is 3.44. The first kappa shape index (κ1) is 20.3. The van der Waals surface area contributed by atoms with Gasteiger partial charge in [0.1, 0.15) is 11.6 Å². The molecule has 0 atom stereocenters. The van der Waals surface area contributed by atoms with Gasteiger partial charge in [0.25, 0.3) is 0 Å². The Labute approximate surface area is 188 Å². The number of aromatic hydroxyl groups is 2. The minimum Gasteiger partial charge on any atom is -0.503 e. The maximum Gasteiger partial charge on any atom is 0.242 e. The zero-order valence-corrected chi connectivity index (χ0v) is 18.1. The third-order valence-corrected chi connectivity index (χ3v) is 6.97. The van der Waals surface area contributed by atoms with Crippen LogP contribution in [-0.4, -0.2) is 25.5 Å². The number of carbonyl (C=O) groups excluding carboxylic acids is 1. The molecule has 0 fully saturated rings.